The number of nitrogens with one attached hydrogen (secondary N) is 1. The summed E-state index contributed by atoms with van der Waals surface area (Å²) in [6, 6.07) is 9.96. The first-order valence-electron chi connectivity index (χ1n) is 7.67. The number of rotatable bonds is 2. The number of nitrogens with two attached hydrogens (primary N) is 1. The van der Waals surface area contributed by atoms with Crippen LogP contribution in [-0.4, -0.2) is 22.1 Å². The van der Waals surface area contributed by atoms with Crippen LogP contribution in [0.4, 0.5) is 4.39 Å². The highest BCUT2D eigenvalue weighted by Crippen LogP contribution is 2.33. The van der Waals surface area contributed by atoms with E-state index >= 15 is 0 Å². The number of fused-ring (bicyclic) bond motifs is 3. The molecule has 2 atom stereocenters. The van der Waals surface area contributed by atoms with Gasteiger partial charge in [-0.3, -0.25) is 0 Å². The number of H-pyrrole nitrogens is 1. The second kappa shape index (κ2) is 5.35. The minimum Gasteiger partial charge on any atom is -0.544 e. The van der Waals surface area contributed by atoms with Crippen molar-refractivity contribution in [1.29, 1.82) is 0 Å². The van der Waals surface area contributed by atoms with Crippen LogP contribution >= 0.6 is 0 Å². The van der Waals surface area contributed by atoms with Gasteiger partial charge in [-0.25, -0.2) is 4.39 Å². The molecule has 1 aliphatic heterocycles. The van der Waals surface area contributed by atoms with Crippen LogP contribution in [0.2, 0.25) is 0 Å². The summed E-state index contributed by atoms with van der Waals surface area (Å²) >= 11 is 0. The second-order valence-corrected chi connectivity index (χ2v) is 6.10. The summed E-state index contributed by atoms with van der Waals surface area (Å²) in [6.45, 7) is 0. The number of phenols is 1. The molecule has 1 aliphatic rings. The molecular formula is C18H15FN2O3. The molecule has 0 amide bonds. The van der Waals surface area contributed by atoms with Crippen LogP contribution in [0.25, 0.3) is 10.9 Å². The van der Waals surface area contributed by atoms with Crippen molar-refractivity contribution in [2.45, 2.75) is 18.5 Å². The summed E-state index contributed by atoms with van der Waals surface area (Å²) in [5.41, 5.74) is 3.36. The highest BCUT2D eigenvalue weighted by Gasteiger charge is 2.34. The fourth-order valence-corrected chi connectivity index (χ4v) is 3.47. The predicted octanol–water partition coefficient (Wildman–Crippen LogP) is 0.340. The van der Waals surface area contributed by atoms with Crippen LogP contribution in [0.3, 0.4) is 0 Å². The molecular weight excluding hydrogens is 311 g/mol. The zero-order valence-corrected chi connectivity index (χ0v) is 12.6. The largest absolute Gasteiger partial charge is 0.544 e. The number of aromatic nitrogens is 1. The van der Waals surface area contributed by atoms with Crippen molar-refractivity contribution in [2.24, 2.45) is 0 Å². The van der Waals surface area contributed by atoms with Crippen molar-refractivity contribution >= 4 is 16.9 Å². The zero-order valence-electron chi connectivity index (χ0n) is 12.6. The third kappa shape index (κ3) is 2.32. The molecule has 0 fully saturated rings. The van der Waals surface area contributed by atoms with Crippen molar-refractivity contribution in [1.82, 2.24) is 4.98 Å². The van der Waals surface area contributed by atoms with Crippen LogP contribution in [0.15, 0.2) is 42.5 Å². The first kappa shape index (κ1) is 14.7. The second-order valence-electron chi connectivity index (χ2n) is 6.10. The molecule has 0 bridgehead atoms. The first-order chi connectivity index (χ1) is 11.5. The summed E-state index contributed by atoms with van der Waals surface area (Å²) in [5, 5.41) is 23.7. The molecule has 122 valence electrons. The molecule has 4 N–H and O–H groups in total. The number of carbonyl (C=O) groups is 1. The summed E-state index contributed by atoms with van der Waals surface area (Å²) in [6.07, 6.45) is 0.304. The van der Waals surface area contributed by atoms with Gasteiger partial charge in [0.2, 0.25) is 0 Å². The molecule has 0 spiro atoms. The number of carboxylic acids is 1. The number of benzene rings is 2. The Morgan fingerprint density at radius 3 is 2.71 bits per heavy atom. The van der Waals surface area contributed by atoms with E-state index in [0.29, 0.717) is 6.42 Å². The number of aromatic hydroxyl groups is 1. The number of carbonyl (C=O) groups excluding carboxylic acids is 1. The Labute approximate surface area is 136 Å². The highest BCUT2D eigenvalue weighted by molar-refractivity contribution is 5.87. The number of aromatic amines is 1. The molecule has 0 radical (unpaired) electrons. The lowest BCUT2D eigenvalue weighted by Gasteiger charge is -2.28. The molecule has 0 aliphatic carbocycles. The van der Waals surface area contributed by atoms with E-state index in [1.54, 1.807) is 35.6 Å². The summed E-state index contributed by atoms with van der Waals surface area (Å²) in [4.78, 5) is 14.8. The Hall–Kier alpha value is -2.86. The Morgan fingerprint density at radius 2 is 2.00 bits per heavy atom. The number of aliphatic carboxylic acids is 1. The van der Waals surface area contributed by atoms with Crippen molar-refractivity contribution in [2.75, 3.05) is 0 Å². The lowest BCUT2D eigenvalue weighted by atomic mass is 9.90. The maximum Gasteiger partial charge on any atom is 0.153 e. The van der Waals surface area contributed by atoms with Crippen molar-refractivity contribution in [3.8, 4) is 5.75 Å². The molecule has 0 saturated heterocycles. The Kier molecular flexibility index (Phi) is 3.28. The van der Waals surface area contributed by atoms with E-state index in [9.17, 15) is 19.4 Å². The van der Waals surface area contributed by atoms with Crippen LogP contribution < -0.4 is 10.4 Å². The van der Waals surface area contributed by atoms with Gasteiger partial charge in [0.25, 0.3) is 0 Å². The quantitative estimate of drug-likeness (QED) is 0.634. The molecule has 0 unspecified atom stereocenters. The van der Waals surface area contributed by atoms with Gasteiger partial charge in [0, 0.05) is 22.9 Å². The smallest absolute Gasteiger partial charge is 0.153 e. The van der Waals surface area contributed by atoms with Gasteiger partial charge in [-0.1, -0.05) is 0 Å². The molecule has 1 aromatic heterocycles. The van der Waals surface area contributed by atoms with Gasteiger partial charge in [-0.05, 0) is 48.0 Å². The van der Waals surface area contributed by atoms with Gasteiger partial charge >= 0.3 is 0 Å². The van der Waals surface area contributed by atoms with E-state index in [2.05, 4.69) is 4.98 Å². The van der Waals surface area contributed by atoms with Gasteiger partial charge < -0.3 is 25.3 Å². The first-order valence-corrected chi connectivity index (χ1v) is 7.67. The monoisotopic (exact) mass is 326 g/mol. The number of carboxylic acid groups (broad SMARTS) is 1. The van der Waals surface area contributed by atoms with E-state index in [0.717, 1.165) is 27.7 Å². The molecule has 2 heterocycles. The molecule has 6 heteroatoms. The normalized spacial score (nSPS) is 20.0. The fourth-order valence-electron chi connectivity index (χ4n) is 3.47. The van der Waals surface area contributed by atoms with Crippen LogP contribution in [0.1, 0.15) is 22.9 Å². The Bertz CT molecular complexity index is 933. The number of hydrogen-bond acceptors (Lipinski definition) is 3. The van der Waals surface area contributed by atoms with Gasteiger partial charge in [0.15, 0.2) is 6.04 Å². The average molecular weight is 326 g/mol. The van der Waals surface area contributed by atoms with Crippen molar-refractivity contribution < 1.29 is 24.7 Å². The number of hydrogen-bond donors (Lipinski definition) is 3. The summed E-state index contributed by atoms with van der Waals surface area (Å²) < 4.78 is 13.2. The van der Waals surface area contributed by atoms with Gasteiger partial charge in [0.05, 0.1) is 11.7 Å². The van der Waals surface area contributed by atoms with E-state index in [1.165, 1.54) is 12.1 Å². The standard InChI is InChI=1S/C18H15FN2O3/c19-10-3-1-9(2-4-10)16-17-13(8-15(21-16)18(23)24)12-7-11(22)5-6-14(12)20-17/h1-7,15-16,20-22H,8H2,(H,23,24)/t15-,16-/m1/s1. The number of quaternary nitrogens is 1. The zero-order chi connectivity index (χ0) is 16.8. The summed E-state index contributed by atoms with van der Waals surface area (Å²) in [5.74, 6) is -1.35. The van der Waals surface area contributed by atoms with Crippen LogP contribution in [0, 0.1) is 5.82 Å². The third-order valence-corrected chi connectivity index (χ3v) is 4.61. The van der Waals surface area contributed by atoms with Crippen LogP contribution in [0.5, 0.6) is 5.75 Å². The average Bonchev–Trinajstić information content (AvgIpc) is 2.92. The van der Waals surface area contributed by atoms with Gasteiger partial charge in [-0.2, -0.15) is 0 Å². The van der Waals surface area contributed by atoms with E-state index in [-0.39, 0.29) is 17.6 Å². The van der Waals surface area contributed by atoms with Crippen molar-refractivity contribution in [3.63, 3.8) is 0 Å². The lowest BCUT2D eigenvalue weighted by Crippen LogP contribution is -2.95. The topological polar surface area (TPSA) is 92.8 Å². The lowest BCUT2D eigenvalue weighted by molar-refractivity contribution is -0.717. The van der Waals surface area contributed by atoms with Gasteiger partial charge in [0.1, 0.15) is 17.6 Å². The molecule has 3 aromatic rings. The highest BCUT2D eigenvalue weighted by atomic mass is 19.1. The van der Waals surface area contributed by atoms with E-state index in [4.69, 9.17) is 0 Å². The molecule has 5 nitrogen and oxygen atoms in total. The molecule has 24 heavy (non-hydrogen) atoms. The Morgan fingerprint density at radius 1 is 1.25 bits per heavy atom. The Balaban J connectivity index is 1.90. The van der Waals surface area contributed by atoms with E-state index < -0.39 is 12.0 Å². The van der Waals surface area contributed by atoms with Gasteiger partial charge in [-0.15, -0.1) is 0 Å². The molecule has 4 rings (SSSR count). The minimum atomic E-state index is -1.14. The molecule has 2 aromatic carbocycles. The SMILES string of the molecule is O=C([O-])[C@H]1Cc2c([nH]c3ccc(O)cc23)[C@@H](c2ccc(F)cc2)[NH2+]1. The fraction of sp³-hybridized carbons (Fsp3) is 0.167. The van der Waals surface area contributed by atoms with Crippen LogP contribution in [-0.2, 0) is 11.2 Å². The third-order valence-electron chi connectivity index (χ3n) is 4.61. The molecule has 0 saturated carbocycles. The minimum absolute atomic E-state index is 0.127. The predicted molar refractivity (Wildman–Crippen MR) is 82.6 cm³/mol. The maximum atomic E-state index is 13.2. The van der Waals surface area contributed by atoms with Crippen molar-refractivity contribution in [3.05, 3.63) is 65.1 Å². The maximum absolute atomic E-state index is 13.2. The number of phenolic OH excluding ortho intramolecular Hbond substituents is 1. The summed E-state index contributed by atoms with van der Waals surface area (Å²) in [7, 11) is 0. The number of halogens is 1. The van der Waals surface area contributed by atoms with E-state index in [1.807, 2.05) is 0 Å².